The quantitative estimate of drug-likeness (QED) is 0.906. The lowest BCUT2D eigenvalue weighted by molar-refractivity contribution is 0.102. The Labute approximate surface area is 140 Å². The molecule has 1 aliphatic rings. The molecule has 1 aliphatic heterocycles. The number of nitrogens with zero attached hydrogens (tertiary/aromatic N) is 1. The zero-order chi connectivity index (χ0) is 16.3. The highest BCUT2D eigenvalue weighted by Gasteiger charge is 2.29. The molecule has 0 radical (unpaired) electrons. The van der Waals surface area contributed by atoms with Crippen molar-refractivity contribution >= 4 is 28.5 Å². The van der Waals surface area contributed by atoms with Gasteiger partial charge in [-0.3, -0.25) is 9.79 Å². The van der Waals surface area contributed by atoms with Crippen LogP contribution >= 0.6 is 11.8 Å². The SMILES string of the molecule is CC1(c2cccc(NC(=O)c3ccccc3)c2)CCSC(N)=N1. The Kier molecular flexibility index (Phi) is 4.39. The van der Waals surface area contributed by atoms with Crippen molar-refractivity contribution in [2.75, 3.05) is 11.1 Å². The van der Waals surface area contributed by atoms with Gasteiger partial charge < -0.3 is 11.1 Å². The fourth-order valence-electron chi connectivity index (χ4n) is 2.62. The van der Waals surface area contributed by atoms with Crippen molar-refractivity contribution in [3.63, 3.8) is 0 Å². The van der Waals surface area contributed by atoms with Crippen LogP contribution in [0.2, 0.25) is 0 Å². The van der Waals surface area contributed by atoms with Crippen LogP contribution in [0, 0.1) is 0 Å². The number of benzene rings is 2. The summed E-state index contributed by atoms with van der Waals surface area (Å²) in [7, 11) is 0. The first-order chi connectivity index (χ1) is 11.1. The molecule has 3 rings (SSSR count). The molecule has 23 heavy (non-hydrogen) atoms. The minimum absolute atomic E-state index is 0.116. The second-order valence-corrected chi connectivity index (χ2v) is 6.84. The molecule has 0 saturated heterocycles. The number of amidine groups is 1. The van der Waals surface area contributed by atoms with Crippen LogP contribution in [0.15, 0.2) is 59.6 Å². The number of nitrogens with one attached hydrogen (secondary N) is 1. The summed E-state index contributed by atoms with van der Waals surface area (Å²) in [5.41, 5.74) is 8.02. The number of anilines is 1. The maximum atomic E-state index is 12.3. The molecule has 0 fully saturated rings. The van der Waals surface area contributed by atoms with Gasteiger partial charge in [-0.15, -0.1) is 0 Å². The molecular weight excluding hydrogens is 306 g/mol. The van der Waals surface area contributed by atoms with Gasteiger partial charge >= 0.3 is 0 Å². The first-order valence-corrected chi connectivity index (χ1v) is 8.50. The Bertz CT molecular complexity index is 745. The standard InChI is InChI=1S/C18H19N3OS/c1-18(10-11-23-17(19)21-18)14-8-5-9-15(12-14)20-16(22)13-6-3-2-4-7-13/h2-9,12H,10-11H2,1H3,(H2,19,21)(H,20,22). The van der Waals surface area contributed by atoms with Crippen LogP contribution in [0.25, 0.3) is 0 Å². The van der Waals surface area contributed by atoms with Crippen molar-refractivity contribution in [1.29, 1.82) is 0 Å². The summed E-state index contributed by atoms with van der Waals surface area (Å²) in [6.07, 6.45) is 0.925. The number of amides is 1. The van der Waals surface area contributed by atoms with Gasteiger partial charge in [0.15, 0.2) is 5.17 Å². The Morgan fingerprint density at radius 2 is 2.00 bits per heavy atom. The Morgan fingerprint density at radius 3 is 2.74 bits per heavy atom. The highest BCUT2D eigenvalue weighted by atomic mass is 32.2. The number of carbonyl (C=O) groups excluding carboxylic acids is 1. The highest BCUT2D eigenvalue weighted by Crippen LogP contribution is 2.35. The van der Waals surface area contributed by atoms with E-state index in [9.17, 15) is 4.79 Å². The molecule has 1 unspecified atom stereocenters. The van der Waals surface area contributed by atoms with Crippen LogP contribution < -0.4 is 11.1 Å². The third kappa shape index (κ3) is 3.56. The molecule has 1 amide bonds. The molecule has 0 spiro atoms. The lowest BCUT2D eigenvalue weighted by atomic mass is 9.89. The molecule has 0 aliphatic carbocycles. The second kappa shape index (κ2) is 6.46. The summed E-state index contributed by atoms with van der Waals surface area (Å²) in [5.74, 6) is 0.835. The molecule has 1 atom stereocenters. The van der Waals surface area contributed by atoms with Crippen molar-refractivity contribution in [3.8, 4) is 0 Å². The van der Waals surface area contributed by atoms with Crippen molar-refractivity contribution in [2.24, 2.45) is 10.7 Å². The first kappa shape index (κ1) is 15.6. The molecule has 4 nitrogen and oxygen atoms in total. The molecule has 0 bridgehead atoms. The van der Waals surface area contributed by atoms with Crippen LogP contribution in [0.3, 0.4) is 0 Å². The molecule has 2 aromatic carbocycles. The highest BCUT2D eigenvalue weighted by molar-refractivity contribution is 8.13. The first-order valence-electron chi connectivity index (χ1n) is 7.52. The van der Waals surface area contributed by atoms with Gasteiger partial charge in [-0.1, -0.05) is 42.1 Å². The molecule has 3 N–H and O–H groups in total. The molecule has 5 heteroatoms. The summed E-state index contributed by atoms with van der Waals surface area (Å²) in [4.78, 5) is 16.9. The maximum absolute atomic E-state index is 12.3. The molecule has 118 valence electrons. The van der Waals surface area contributed by atoms with Gasteiger partial charge in [0, 0.05) is 17.0 Å². The largest absolute Gasteiger partial charge is 0.379 e. The van der Waals surface area contributed by atoms with Gasteiger partial charge in [0.25, 0.3) is 5.91 Å². The number of carbonyl (C=O) groups is 1. The molecule has 0 saturated carbocycles. The summed E-state index contributed by atoms with van der Waals surface area (Å²) in [6.45, 7) is 2.08. The van der Waals surface area contributed by atoms with E-state index >= 15 is 0 Å². The van der Waals surface area contributed by atoms with E-state index in [0.717, 1.165) is 23.4 Å². The predicted octanol–water partition coefficient (Wildman–Crippen LogP) is 3.61. The van der Waals surface area contributed by atoms with Crippen LogP contribution in [0.1, 0.15) is 29.3 Å². The van der Waals surface area contributed by atoms with Gasteiger partial charge in [-0.25, -0.2) is 0 Å². The normalized spacial score (nSPS) is 20.7. The summed E-state index contributed by atoms with van der Waals surface area (Å²) < 4.78 is 0. The number of rotatable bonds is 3. The maximum Gasteiger partial charge on any atom is 0.255 e. The fourth-order valence-corrected chi connectivity index (χ4v) is 3.59. The Balaban J connectivity index is 1.83. The van der Waals surface area contributed by atoms with Crippen molar-refractivity contribution < 1.29 is 4.79 Å². The molecule has 2 aromatic rings. The molecule has 0 aromatic heterocycles. The Hall–Kier alpha value is -2.27. The van der Waals surface area contributed by atoms with E-state index in [1.165, 1.54) is 0 Å². The molecular formula is C18H19N3OS. The topological polar surface area (TPSA) is 67.5 Å². The van der Waals surface area contributed by atoms with Crippen LogP contribution in [-0.2, 0) is 5.54 Å². The number of aliphatic imine (C=N–C) groups is 1. The zero-order valence-electron chi connectivity index (χ0n) is 13.0. The van der Waals surface area contributed by atoms with E-state index in [-0.39, 0.29) is 11.4 Å². The fraction of sp³-hybridized carbons (Fsp3) is 0.222. The average Bonchev–Trinajstić information content (AvgIpc) is 2.56. The minimum Gasteiger partial charge on any atom is -0.379 e. The lowest BCUT2D eigenvalue weighted by Crippen LogP contribution is -2.28. The van der Waals surface area contributed by atoms with E-state index in [1.54, 1.807) is 23.9 Å². The lowest BCUT2D eigenvalue weighted by Gasteiger charge is -2.30. The molecule has 1 heterocycles. The number of thioether (sulfide) groups is 1. The number of nitrogens with two attached hydrogens (primary N) is 1. The van der Waals surface area contributed by atoms with Crippen molar-refractivity contribution in [1.82, 2.24) is 0 Å². The van der Waals surface area contributed by atoms with Crippen molar-refractivity contribution in [2.45, 2.75) is 18.9 Å². The van der Waals surface area contributed by atoms with Gasteiger partial charge in [0.1, 0.15) is 0 Å². The van der Waals surface area contributed by atoms with E-state index in [1.807, 2.05) is 42.5 Å². The number of hydrogen-bond donors (Lipinski definition) is 2. The third-order valence-electron chi connectivity index (χ3n) is 3.97. The van der Waals surface area contributed by atoms with E-state index in [0.29, 0.717) is 10.7 Å². The third-order valence-corrected chi connectivity index (χ3v) is 4.77. The average molecular weight is 325 g/mol. The zero-order valence-corrected chi connectivity index (χ0v) is 13.8. The van der Waals surface area contributed by atoms with Gasteiger partial charge in [-0.05, 0) is 43.2 Å². The van der Waals surface area contributed by atoms with Gasteiger partial charge in [0.2, 0.25) is 0 Å². The number of hydrogen-bond acceptors (Lipinski definition) is 4. The van der Waals surface area contributed by atoms with Crippen molar-refractivity contribution in [3.05, 3.63) is 65.7 Å². The van der Waals surface area contributed by atoms with Crippen LogP contribution in [0.5, 0.6) is 0 Å². The van der Waals surface area contributed by atoms with Gasteiger partial charge in [-0.2, -0.15) is 0 Å². The Morgan fingerprint density at radius 1 is 1.22 bits per heavy atom. The van der Waals surface area contributed by atoms with E-state index in [2.05, 4.69) is 17.2 Å². The summed E-state index contributed by atoms with van der Waals surface area (Å²) in [5, 5.41) is 3.56. The van der Waals surface area contributed by atoms with Crippen LogP contribution in [-0.4, -0.2) is 16.8 Å². The summed E-state index contributed by atoms with van der Waals surface area (Å²) >= 11 is 1.59. The smallest absolute Gasteiger partial charge is 0.255 e. The van der Waals surface area contributed by atoms with E-state index in [4.69, 9.17) is 5.73 Å². The monoisotopic (exact) mass is 325 g/mol. The summed E-state index contributed by atoms with van der Waals surface area (Å²) in [6, 6.07) is 17.0. The van der Waals surface area contributed by atoms with E-state index < -0.39 is 0 Å². The van der Waals surface area contributed by atoms with Crippen LogP contribution in [0.4, 0.5) is 5.69 Å². The predicted molar refractivity (Wildman–Crippen MR) is 96.9 cm³/mol. The minimum atomic E-state index is -0.331. The second-order valence-electron chi connectivity index (χ2n) is 5.72. The van der Waals surface area contributed by atoms with Gasteiger partial charge in [0.05, 0.1) is 5.54 Å².